The fourth-order valence-corrected chi connectivity index (χ4v) is 4.25. The fraction of sp³-hybridized carbons (Fsp3) is 0.917. The quantitative estimate of drug-likeness (QED) is 0.215. The fourth-order valence-electron chi connectivity index (χ4n) is 4.25. The Bertz CT molecular complexity index is 411. The van der Waals surface area contributed by atoms with Crippen molar-refractivity contribution in [1.29, 1.82) is 0 Å². The van der Waals surface area contributed by atoms with E-state index < -0.39 is 0 Å². The van der Waals surface area contributed by atoms with Crippen LogP contribution in [0, 0.1) is 5.92 Å². The van der Waals surface area contributed by atoms with Gasteiger partial charge in [-0.3, -0.25) is 14.5 Å². The second kappa shape index (κ2) is 17.0. The third-order valence-corrected chi connectivity index (χ3v) is 6.07. The number of amides is 2. The van der Waals surface area contributed by atoms with Crippen molar-refractivity contribution in [3.8, 4) is 0 Å². The van der Waals surface area contributed by atoms with Crippen molar-refractivity contribution in [3.63, 3.8) is 0 Å². The molecular weight excluding hydrogens is 350 g/mol. The number of β-amino-alcohol motifs (C(OH)–C–C–N with tert-alkyl or cyclic N) is 1. The van der Waals surface area contributed by atoms with Crippen LogP contribution >= 0.6 is 0 Å². The molecule has 0 radical (unpaired) electrons. The molecule has 1 unspecified atom stereocenters. The molecule has 1 fully saturated rings. The van der Waals surface area contributed by atoms with E-state index in [1.165, 1.54) is 94.8 Å². The second-order valence-corrected chi connectivity index (χ2v) is 8.60. The summed E-state index contributed by atoms with van der Waals surface area (Å²) in [6, 6.07) is 0. The summed E-state index contributed by atoms with van der Waals surface area (Å²) in [4.78, 5) is 25.1. The van der Waals surface area contributed by atoms with Gasteiger partial charge in [0.25, 0.3) is 0 Å². The SMILES string of the molecule is CCCCCCCCCCCCCCCCCCC1CC(=O)N(CCO)C1=O. The van der Waals surface area contributed by atoms with Crippen LogP contribution < -0.4 is 0 Å². The second-order valence-electron chi connectivity index (χ2n) is 8.60. The third kappa shape index (κ3) is 11.2. The predicted molar refractivity (Wildman–Crippen MR) is 116 cm³/mol. The molecule has 0 aliphatic carbocycles. The van der Waals surface area contributed by atoms with Gasteiger partial charge in [0, 0.05) is 12.3 Å². The highest BCUT2D eigenvalue weighted by molar-refractivity contribution is 6.03. The van der Waals surface area contributed by atoms with Gasteiger partial charge in [-0.1, -0.05) is 110 Å². The molecule has 0 saturated carbocycles. The summed E-state index contributed by atoms with van der Waals surface area (Å²) >= 11 is 0. The number of rotatable bonds is 19. The summed E-state index contributed by atoms with van der Waals surface area (Å²) < 4.78 is 0. The zero-order chi connectivity index (χ0) is 20.5. The Kier molecular flexibility index (Phi) is 15.3. The molecule has 1 atom stereocenters. The lowest BCUT2D eigenvalue weighted by Gasteiger charge is -2.13. The Balaban J connectivity index is 1.82. The van der Waals surface area contributed by atoms with E-state index in [1.54, 1.807) is 0 Å². The average Bonchev–Trinajstić information content (AvgIpc) is 2.95. The molecule has 0 spiro atoms. The maximum Gasteiger partial charge on any atom is 0.232 e. The maximum absolute atomic E-state index is 12.1. The number of likely N-dealkylation sites (tertiary alicyclic amines) is 1. The van der Waals surface area contributed by atoms with Crippen molar-refractivity contribution in [1.82, 2.24) is 4.90 Å². The first-order chi connectivity index (χ1) is 13.7. The topological polar surface area (TPSA) is 57.6 Å². The van der Waals surface area contributed by atoms with E-state index in [4.69, 9.17) is 5.11 Å². The number of aliphatic hydroxyl groups is 1. The number of imide groups is 1. The van der Waals surface area contributed by atoms with E-state index in [-0.39, 0.29) is 30.9 Å². The largest absolute Gasteiger partial charge is 0.395 e. The first kappa shape index (κ1) is 25.1. The van der Waals surface area contributed by atoms with Gasteiger partial charge in [-0.05, 0) is 6.42 Å². The van der Waals surface area contributed by atoms with Crippen LogP contribution in [0.5, 0.6) is 0 Å². The van der Waals surface area contributed by atoms with Crippen LogP contribution in [0.1, 0.15) is 122 Å². The van der Waals surface area contributed by atoms with E-state index in [2.05, 4.69) is 6.92 Å². The van der Waals surface area contributed by atoms with Crippen molar-refractivity contribution < 1.29 is 14.7 Å². The number of hydrogen-bond acceptors (Lipinski definition) is 3. The molecule has 1 saturated heterocycles. The summed E-state index contributed by atoms with van der Waals surface area (Å²) in [5.41, 5.74) is 0. The van der Waals surface area contributed by atoms with Crippen LogP contribution in [0.15, 0.2) is 0 Å². The smallest absolute Gasteiger partial charge is 0.232 e. The molecule has 4 heteroatoms. The number of carbonyl (C=O) groups excluding carboxylic acids is 2. The van der Waals surface area contributed by atoms with Crippen LogP contribution in [-0.4, -0.2) is 35.0 Å². The van der Waals surface area contributed by atoms with Crippen molar-refractivity contribution >= 4 is 11.8 Å². The Labute approximate surface area is 173 Å². The van der Waals surface area contributed by atoms with Crippen molar-refractivity contribution in [2.24, 2.45) is 5.92 Å². The van der Waals surface area contributed by atoms with Gasteiger partial charge < -0.3 is 5.11 Å². The number of hydrogen-bond donors (Lipinski definition) is 1. The minimum absolute atomic E-state index is 0.0694. The third-order valence-electron chi connectivity index (χ3n) is 6.07. The molecule has 28 heavy (non-hydrogen) atoms. The highest BCUT2D eigenvalue weighted by Gasteiger charge is 2.37. The van der Waals surface area contributed by atoms with Crippen molar-refractivity contribution in [2.45, 2.75) is 122 Å². The van der Waals surface area contributed by atoms with Crippen LogP contribution in [0.25, 0.3) is 0 Å². The van der Waals surface area contributed by atoms with Crippen LogP contribution in [0.3, 0.4) is 0 Å². The number of nitrogens with zero attached hydrogens (tertiary/aromatic N) is 1. The van der Waals surface area contributed by atoms with Gasteiger partial charge in [-0.2, -0.15) is 0 Å². The Morgan fingerprint density at radius 3 is 1.61 bits per heavy atom. The summed E-state index contributed by atoms with van der Waals surface area (Å²) in [5.74, 6) is -0.314. The molecule has 1 aliphatic heterocycles. The van der Waals surface area contributed by atoms with Gasteiger partial charge in [-0.25, -0.2) is 0 Å². The molecule has 0 aromatic rings. The molecule has 1 heterocycles. The van der Waals surface area contributed by atoms with E-state index in [0.29, 0.717) is 6.42 Å². The van der Waals surface area contributed by atoms with Crippen molar-refractivity contribution in [2.75, 3.05) is 13.2 Å². The Hall–Kier alpha value is -0.900. The molecule has 0 aromatic carbocycles. The lowest BCUT2D eigenvalue weighted by atomic mass is 9.98. The molecule has 1 N–H and O–H groups in total. The normalized spacial score (nSPS) is 17.1. The minimum Gasteiger partial charge on any atom is -0.395 e. The summed E-state index contributed by atoms with van der Waals surface area (Å²) in [6.45, 7) is 2.30. The monoisotopic (exact) mass is 395 g/mol. The predicted octanol–water partition coefficient (Wildman–Crippen LogP) is 6.01. The minimum atomic E-state index is -0.136. The molecule has 2 amide bonds. The van der Waals surface area contributed by atoms with E-state index in [9.17, 15) is 9.59 Å². The molecular formula is C24H45NO3. The molecule has 4 nitrogen and oxygen atoms in total. The zero-order valence-corrected chi connectivity index (χ0v) is 18.4. The highest BCUT2D eigenvalue weighted by atomic mass is 16.3. The molecule has 1 rings (SSSR count). The van der Waals surface area contributed by atoms with Gasteiger partial charge in [0.05, 0.1) is 13.2 Å². The van der Waals surface area contributed by atoms with Crippen LogP contribution in [-0.2, 0) is 9.59 Å². The van der Waals surface area contributed by atoms with Crippen molar-refractivity contribution in [3.05, 3.63) is 0 Å². The van der Waals surface area contributed by atoms with E-state index in [0.717, 1.165) is 19.3 Å². The van der Waals surface area contributed by atoms with Gasteiger partial charge in [-0.15, -0.1) is 0 Å². The standard InChI is InChI=1S/C24H45NO3/c1-2-3-4-5-6-7-8-9-10-11-12-13-14-15-16-17-18-22-21-23(27)25(19-20-26)24(22)28/h22,26H,2-21H2,1H3. The number of carbonyl (C=O) groups is 2. The Morgan fingerprint density at radius 1 is 0.750 bits per heavy atom. The molecule has 0 aromatic heterocycles. The van der Waals surface area contributed by atoms with Gasteiger partial charge in [0.2, 0.25) is 11.8 Å². The summed E-state index contributed by atoms with van der Waals surface area (Å²) in [6.07, 6.45) is 22.7. The molecule has 164 valence electrons. The lowest BCUT2D eigenvalue weighted by Crippen LogP contribution is -2.33. The summed E-state index contributed by atoms with van der Waals surface area (Å²) in [7, 11) is 0. The van der Waals surface area contributed by atoms with E-state index >= 15 is 0 Å². The number of aliphatic hydroxyl groups excluding tert-OH is 1. The molecule has 0 bridgehead atoms. The van der Waals surface area contributed by atoms with Gasteiger partial charge in [0.15, 0.2) is 0 Å². The van der Waals surface area contributed by atoms with Crippen LogP contribution in [0.4, 0.5) is 0 Å². The number of unbranched alkanes of at least 4 members (excludes halogenated alkanes) is 15. The molecule has 1 aliphatic rings. The zero-order valence-electron chi connectivity index (χ0n) is 18.4. The maximum atomic E-state index is 12.1. The average molecular weight is 396 g/mol. The van der Waals surface area contributed by atoms with E-state index in [1.807, 2.05) is 0 Å². The summed E-state index contributed by atoms with van der Waals surface area (Å²) in [5, 5.41) is 8.93. The van der Waals surface area contributed by atoms with Gasteiger partial charge >= 0.3 is 0 Å². The Morgan fingerprint density at radius 2 is 1.18 bits per heavy atom. The highest BCUT2D eigenvalue weighted by Crippen LogP contribution is 2.25. The van der Waals surface area contributed by atoms with Gasteiger partial charge in [0.1, 0.15) is 0 Å². The van der Waals surface area contributed by atoms with Crippen LogP contribution in [0.2, 0.25) is 0 Å². The lowest BCUT2D eigenvalue weighted by molar-refractivity contribution is -0.140. The first-order valence-electron chi connectivity index (χ1n) is 12.2. The first-order valence-corrected chi connectivity index (χ1v) is 12.2.